The molecule has 0 aliphatic carbocycles. The number of hydrogen-bond acceptors (Lipinski definition) is 3. The molecule has 0 bridgehead atoms. The number of hydrogen-bond donors (Lipinski definition) is 1. The van der Waals surface area contributed by atoms with Gasteiger partial charge in [0.1, 0.15) is 5.75 Å². The number of methoxy groups -OCH3 is 1. The fraction of sp³-hybridized carbons (Fsp3) is 0.455. The third kappa shape index (κ3) is 1.62. The van der Waals surface area contributed by atoms with Crippen LogP contribution in [0.3, 0.4) is 0 Å². The number of ether oxygens (including phenoxy) is 1. The highest BCUT2D eigenvalue weighted by molar-refractivity contribution is 7.99. The predicted octanol–water partition coefficient (Wildman–Crippen LogP) is 2.45. The van der Waals surface area contributed by atoms with Crippen molar-refractivity contribution in [1.29, 1.82) is 0 Å². The summed E-state index contributed by atoms with van der Waals surface area (Å²) in [5.74, 6) is 2.12. The van der Waals surface area contributed by atoms with E-state index in [0.717, 1.165) is 18.0 Å². The van der Waals surface area contributed by atoms with Crippen molar-refractivity contribution in [3.05, 3.63) is 23.8 Å². The maximum absolute atomic E-state index is 5.33. The van der Waals surface area contributed by atoms with Gasteiger partial charge in [-0.1, -0.05) is 19.1 Å². The minimum absolute atomic E-state index is 0.495. The van der Waals surface area contributed by atoms with Gasteiger partial charge in [-0.15, -0.1) is 11.8 Å². The highest BCUT2D eigenvalue weighted by atomic mass is 32.2. The van der Waals surface area contributed by atoms with E-state index in [9.17, 15) is 0 Å². The zero-order chi connectivity index (χ0) is 9.97. The zero-order valence-corrected chi connectivity index (χ0v) is 9.36. The Hall–Kier alpha value is -0.670. The molecule has 0 saturated carbocycles. The Morgan fingerprint density at radius 2 is 2.43 bits per heavy atom. The molecule has 0 fully saturated rings. The fourth-order valence-electron chi connectivity index (χ4n) is 1.79. The van der Waals surface area contributed by atoms with Crippen LogP contribution in [0.5, 0.6) is 5.75 Å². The molecule has 0 aromatic heterocycles. The molecule has 3 heteroatoms. The van der Waals surface area contributed by atoms with Crippen LogP contribution in [0.1, 0.15) is 18.5 Å². The predicted molar refractivity (Wildman–Crippen MR) is 60.1 cm³/mol. The summed E-state index contributed by atoms with van der Waals surface area (Å²) >= 11 is 1.88. The van der Waals surface area contributed by atoms with Crippen LogP contribution in [0.4, 0.5) is 0 Å². The molecule has 0 saturated heterocycles. The van der Waals surface area contributed by atoms with Crippen LogP contribution >= 0.6 is 11.8 Å². The highest BCUT2D eigenvalue weighted by Gasteiger charge is 2.24. The molecule has 1 aliphatic heterocycles. The number of benzene rings is 1. The van der Waals surface area contributed by atoms with Crippen molar-refractivity contribution in [2.24, 2.45) is 0 Å². The van der Waals surface area contributed by atoms with Crippen molar-refractivity contribution in [1.82, 2.24) is 5.32 Å². The van der Waals surface area contributed by atoms with Crippen LogP contribution < -0.4 is 10.1 Å². The van der Waals surface area contributed by atoms with E-state index in [0.29, 0.717) is 6.04 Å². The molecule has 2 rings (SSSR count). The van der Waals surface area contributed by atoms with Crippen molar-refractivity contribution >= 4 is 11.8 Å². The average Bonchev–Trinajstić information content (AvgIpc) is 2.62. The second-order valence-electron chi connectivity index (χ2n) is 3.30. The summed E-state index contributed by atoms with van der Waals surface area (Å²) in [4.78, 5) is 1.31. The van der Waals surface area contributed by atoms with Crippen molar-refractivity contribution in [3.63, 3.8) is 0 Å². The molecule has 1 aromatic rings. The van der Waals surface area contributed by atoms with Crippen LogP contribution in [0.25, 0.3) is 0 Å². The number of thioether (sulfide) groups is 1. The summed E-state index contributed by atoms with van der Waals surface area (Å²) in [5.41, 5.74) is 1.39. The fourth-order valence-corrected chi connectivity index (χ4v) is 3.10. The summed E-state index contributed by atoms with van der Waals surface area (Å²) in [6.07, 6.45) is 0. The topological polar surface area (TPSA) is 21.3 Å². The molecular formula is C11H15NOS. The second-order valence-corrected chi connectivity index (χ2v) is 4.33. The van der Waals surface area contributed by atoms with Gasteiger partial charge in [-0.25, -0.2) is 0 Å². The van der Waals surface area contributed by atoms with Crippen LogP contribution in [0.2, 0.25) is 0 Å². The van der Waals surface area contributed by atoms with E-state index in [1.165, 1.54) is 10.5 Å². The Kier molecular flexibility index (Phi) is 2.99. The summed E-state index contributed by atoms with van der Waals surface area (Å²) in [7, 11) is 1.73. The Labute approximate surface area is 89.0 Å². The lowest BCUT2D eigenvalue weighted by molar-refractivity contribution is 0.403. The van der Waals surface area contributed by atoms with E-state index in [4.69, 9.17) is 4.74 Å². The van der Waals surface area contributed by atoms with Gasteiger partial charge >= 0.3 is 0 Å². The van der Waals surface area contributed by atoms with E-state index >= 15 is 0 Å². The monoisotopic (exact) mass is 209 g/mol. The standard InChI is InChI=1S/C11H15NOS/c1-3-12-9-7-14-11-8(9)5-4-6-10(11)13-2/h4-6,9,12H,3,7H2,1-2H3. The lowest BCUT2D eigenvalue weighted by Gasteiger charge is -2.11. The number of rotatable bonds is 3. The number of nitrogens with one attached hydrogen (secondary N) is 1. The highest BCUT2D eigenvalue weighted by Crippen LogP contribution is 2.43. The van der Waals surface area contributed by atoms with Gasteiger partial charge in [0.2, 0.25) is 0 Å². The van der Waals surface area contributed by atoms with Crippen molar-refractivity contribution in [2.75, 3.05) is 19.4 Å². The van der Waals surface area contributed by atoms with Gasteiger partial charge in [0.05, 0.1) is 12.0 Å². The molecule has 2 nitrogen and oxygen atoms in total. The van der Waals surface area contributed by atoms with Gasteiger partial charge in [-0.3, -0.25) is 0 Å². The normalized spacial score (nSPS) is 19.4. The molecule has 0 amide bonds. The van der Waals surface area contributed by atoms with Gasteiger partial charge in [-0.2, -0.15) is 0 Å². The van der Waals surface area contributed by atoms with Crippen molar-refractivity contribution in [2.45, 2.75) is 17.9 Å². The molecule has 1 atom stereocenters. The Balaban J connectivity index is 2.31. The first-order chi connectivity index (χ1) is 6.86. The third-order valence-electron chi connectivity index (χ3n) is 2.45. The molecule has 0 radical (unpaired) electrons. The van der Waals surface area contributed by atoms with Crippen LogP contribution in [-0.4, -0.2) is 19.4 Å². The van der Waals surface area contributed by atoms with Gasteiger partial charge < -0.3 is 10.1 Å². The molecule has 1 N–H and O–H groups in total. The van der Waals surface area contributed by atoms with Crippen molar-refractivity contribution < 1.29 is 4.74 Å². The largest absolute Gasteiger partial charge is 0.496 e. The van der Waals surface area contributed by atoms with Crippen molar-refractivity contribution in [3.8, 4) is 5.75 Å². The molecule has 1 aliphatic rings. The minimum atomic E-state index is 0.495. The molecule has 1 heterocycles. The first kappa shape index (κ1) is 9.87. The van der Waals surface area contributed by atoms with Crippen LogP contribution in [-0.2, 0) is 0 Å². The van der Waals surface area contributed by atoms with E-state index in [-0.39, 0.29) is 0 Å². The molecule has 14 heavy (non-hydrogen) atoms. The van der Waals surface area contributed by atoms with E-state index in [1.807, 2.05) is 17.8 Å². The Morgan fingerprint density at radius 1 is 1.57 bits per heavy atom. The molecule has 1 aromatic carbocycles. The summed E-state index contributed by atoms with van der Waals surface area (Å²) in [6.45, 7) is 3.16. The molecule has 76 valence electrons. The SMILES string of the molecule is CCNC1CSc2c(OC)cccc21. The van der Waals surface area contributed by atoms with E-state index in [2.05, 4.69) is 24.4 Å². The molecule has 1 unspecified atom stereocenters. The average molecular weight is 209 g/mol. The quantitative estimate of drug-likeness (QED) is 0.826. The van der Waals surface area contributed by atoms with Gasteiger partial charge in [0, 0.05) is 11.8 Å². The summed E-state index contributed by atoms with van der Waals surface area (Å²) < 4.78 is 5.33. The van der Waals surface area contributed by atoms with Gasteiger partial charge in [0.15, 0.2) is 0 Å². The van der Waals surface area contributed by atoms with Crippen LogP contribution in [0.15, 0.2) is 23.1 Å². The smallest absolute Gasteiger partial charge is 0.132 e. The first-order valence-corrected chi connectivity index (χ1v) is 5.88. The lowest BCUT2D eigenvalue weighted by atomic mass is 10.1. The molecular weight excluding hydrogens is 194 g/mol. The first-order valence-electron chi connectivity index (χ1n) is 4.90. The zero-order valence-electron chi connectivity index (χ0n) is 8.54. The lowest BCUT2D eigenvalue weighted by Crippen LogP contribution is -2.20. The van der Waals surface area contributed by atoms with Gasteiger partial charge in [0.25, 0.3) is 0 Å². The molecule has 0 spiro atoms. The van der Waals surface area contributed by atoms with Crippen LogP contribution in [0, 0.1) is 0 Å². The van der Waals surface area contributed by atoms with Gasteiger partial charge in [-0.05, 0) is 18.2 Å². The number of fused-ring (bicyclic) bond motifs is 1. The van der Waals surface area contributed by atoms with E-state index in [1.54, 1.807) is 7.11 Å². The minimum Gasteiger partial charge on any atom is -0.496 e. The summed E-state index contributed by atoms with van der Waals surface area (Å²) in [6, 6.07) is 6.77. The maximum atomic E-state index is 5.33. The second kappa shape index (κ2) is 4.24. The maximum Gasteiger partial charge on any atom is 0.132 e. The van der Waals surface area contributed by atoms with E-state index < -0.39 is 0 Å². The Bertz CT molecular complexity index is 327. The summed E-state index contributed by atoms with van der Waals surface area (Å²) in [5, 5.41) is 3.48. The Morgan fingerprint density at radius 3 is 3.14 bits per heavy atom. The third-order valence-corrected chi connectivity index (χ3v) is 3.68.